The fourth-order valence-corrected chi connectivity index (χ4v) is 1.72. The van der Waals surface area contributed by atoms with Gasteiger partial charge in [-0.2, -0.15) is 13.2 Å². The molecule has 0 aliphatic carbocycles. The van der Waals surface area contributed by atoms with E-state index in [4.69, 9.17) is 5.73 Å². The molecular weight excluding hydrogens is 181 g/mol. The quantitative estimate of drug-likeness (QED) is 0.686. The molecule has 5 heteroatoms. The highest BCUT2D eigenvalue weighted by Gasteiger charge is 2.34. The summed E-state index contributed by atoms with van der Waals surface area (Å²) < 4.78 is 36.1. The molecule has 2 atom stereocenters. The van der Waals surface area contributed by atoms with E-state index in [0.717, 1.165) is 0 Å². The van der Waals surface area contributed by atoms with E-state index in [1.54, 1.807) is 6.92 Å². The van der Waals surface area contributed by atoms with Crippen molar-refractivity contribution in [3.63, 3.8) is 0 Å². The van der Waals surface area contributed by atoms with Crippen molar-refractivity contribution in [2.75, 3.05) is 13.1 Å². The van der Waals surface area contributed by atoms with Crippen LogP contribution < -0.4 is 5.73 Å². The molecule has 2 N–H and O–H groups in total. The lowest BCUT2D eigenvalue weighted by Crippen LogP contribution is -2.48. The molecule has 1 heterocycles. The van der Waals surface area contributed by atoms with Crippen LogP contribution in [-0.4, -0.2) is 36.2 Å². The summed E-state index contributed by atoms with van der Waals surface area (Å²) in [5.74, 6) is 0. The Hall–Kier alpha value is -0.290. The number of likely N-dealkylation sites (tertiary alicyclic amines) is 1. The van der Waals surface area contributed by atoms with Crippen LogP contribution in [0.5, 0.6) is 0 Å². The van der Waals surface area contributed by atoms with Gasteiger partial charge in [-0.25, -0.2) is 0 Å². The number of nitrogens with two attached hydrogens (primary N) is 1. The van der Waals surface area contributed by atoms with Crippen molar-refractivity contribution in [1.82, 2.24) is 4.90 Å². The van der Waals surface area contributed by atoms with Gasteiger partial charge in [0.1, 0.15) is 0 Å². The maximum atomic E-state index is 12.0. The third-order valence-electron chi connectivity index (χ3n) is 2.44. The van der Waals surface area contributed by atoms with E-state index in [9.17, 15) is 13.2 Å². The molecular formula is C8H15F3N2. The summed E-state index contributed by atoms with van der Waals surface area (Å²) in [6.45, 7) is 1.45. The molecule has 0 spiro atoms. The predicted molar refractivity (Wildman–Crippen MR) is 44.3 cm³/mol. The Morgan fingerprint density at radius 2 is 2.08 bits per heavy atom. The molecule has 0 bridgehead atoms. The minimum Gasteiger partial charge on any atom is -0.328 e. The fraction of sp³-hybridized carbons (Fsp3) is 1.00. The second-order valence-corrected chi connectivity index (χ2v) is 3.72. The number of piperidine rings is 1. The SMILES string of the molecule is CC1CC(N)CCN1CC(F)(F)F. The minimum atomic E-state index is -4.09. The first-order valence-electron chi connectivity index (χ1n) is 4.45. The van der Waals surface area contributed by atoms with Crippen LogP contribution in [0.15, 0.2) is 0 Å². The molecule has 0 aromatic carbocycles. The van der Waals surface area contributed by atoms with Gasteiger partial charge in [0.25, 0.3) is 0 Å². The van der Waals surface area contributed by atoms with Gasteiger partial charge in [-0.05, 0) is 19.8 Å². The third-order valence-corrected chi connectivity index (χ3v) is 2.44. The van der Waals surface area contributed by atoms with Crippen LogP contribution in [0.25, 0.3) is 0 Å². The molecule has 0 radical (unpaired) electrons. The zero-order valence-electron chi connectivity index (χ0n) is 7.64. The normalized spacial score (nSPS) is 32.1. The largest absolute Gasteiger partial charge is 0.401 e. The van der Waals surface area contributed by atoms with Crippen LogP contribution in [0.4, 0.5) is 13.2 Å². The number of hydrogen-bond donors (Lipinski definition) is 1. The molecule has 0 amide bonds. The van der Waals surface area contributed by atoms with Gasteiger partial charge in [0.2, 0.25) is 0 Å². The Bertz CT molecular complexity index is 169. The highest BCUT2D eigenvalue weighted by Crippen LogP contribution is 2.22. The smallest absolute Gasteiger partial charge is 0.328 e. The second-order valence-electron chi connectivity index (χ2n) is 3.72. The Labute approximate surface area is 75.9 Å². The number of rotatable bonds is 1. The number of halogens is 3. The second kappa shape index (κ2) is 3.84. The first-order chi connectivity index (χ1) is 5.88. The van der Waals surface area contributed by atoms with Gasteiger partial charge in [0, 0.05) is 18.6 Å². The van der Waals surface area contributed by atoms with Gasteiger partial charge in [0.05, 0.1) is 6.54 Å². The van der Waals surface area contributed by atoms with E-state index >= 15 is 0 Å². The highest BCUT2D eigenvalue weighted by atomic mass is 19.4. The summed E-state index contributed by atoms with van der Waals surface area (Å²) in [6, 6.07) is 0.0184. The molecule has 1 aliphatic rings. The maximum Gasteiger partial charge on any atom is 0.401 e. The van der Waals surface area contributed by atoms with E-state index in [-0.39, 0.29) is 12.1 Å². The van der Waals surface area contributed by atoms with E-state index in [0.29, 0.717) is 19.4 Å². The van der Waals surface area contributed by atoms with Crippen LogP contribution in [0.3, 0.4) is 0 Å². The van der Waals surface area contributed by atoms with E-state index in [1.165, 1.54) is 4.90 Å². The minimum absolute atomic E-state index is 0.0506. The van der Waals surface area contributed by atoms with Crippen molar-refractivity contribution in [3.8, 4) is 0 Å². The summed E-state index contributed by atoms with van der Waals surface area (Å²) in [4.78, 5) is 1.45. The van der Waals surface area contributed by atoms with Gasteiger partial charge in [-0.15, -0.1) is 0 Å². The predicted octanol–water partition coefficient (Wildman–Crippen LogP) is 1.36. The molecule has 78 valence electrons. The van der Waals surface area contributed by atoms with Crippen LogP contribution in [0.2, 0.25) is 0 Å². The molecule has 0 saturated carbocycles. The number of alkyl halides is 3. The van der Waals surface area contributed by atoms with Gasteiger partial charge in [-0.1, -0.05) is 0 Å². The van der Waals surface area contributed by atoms with Crippen molar-refractivity contribution >= 4 is 0 Å². The standard InChI is InChI=1S/C8H15F3N2/c1-6-4-7(12)2-3-13(6)5-8(9,10)11/h6-7H,2-5,12H2,1H3. The maximum absolute atomic E-state index is 12.0. The average Bonchev–Trinajstić information content (AvgIpc) is 1.93. The van der Waals surface area contributed by atoms with Crippen molar-refractivity contribution in [2.45, 2.75) is 38.0 Å². The summed E-state index contributed by atoms with van der Waals surface area (Å²) in [7, 11) is 0. The average molecular weight is 196 g/mol. The van der Waals surface area contributed by atoms with Crippen molar-refractivity contribution in [2.24, 2.45) is 5.73 Å². The molecule has 1 aliphatic heterocycles. The van der Waals surface area contributed by atoms with Crippen LogP contribution in [0.1, 0.15) is 19.8 Å². The fourth-order valence-electron chi connectivity index (χ4n) is 1.72. The summed E-state index contributed by atoms with van der Waals surface area (Å²) in [6.07, 6.45) is -2.76. The van der Waals surface area contributed by atoms with Gasteiger partial charge in [0.15, 0.2) is 0 Å². The first-order valence-corrected chi connectivity index (χ1v) is 4.45. The highest BCUT2D eigenvalue weighted by molar-refractivity contribution is 4.81. The molecule has 1 rings (SSSR count). The Balaban J connectivity index is 2.43. The van der Waals surface area contributed by atoms with Gasteiger partial charge < -0.3 is 5.73 Å². The molecule has 2 unspecified atom stereocenters. The van der Waals surface area contributed by atoms with Crippen LogP contribution in [-0.2, 0) is 0 Å². The molecule has 0 aromatic heterocycles. The first kappa shape index (κ1) is 10.8. The molecule has 1 fully saturated rings. The monoisotopic (exact) mass is 196 g/mol. The summed E-state index contributed by atoms with van der Waals surface area (Å²) in [5.41, 5.74) is 5.64. The molecule has 2 nitrogen and oxygen atoms in total. The summed E-state index contributed by atoms with van der Waals surface area (Å²) >= 11 is 0. The Kier molecular flexibility index (Phi) is 3.18. The lowest BCUT2D eigenvalue weighted by atomic mass is 9.99. The summed E-state index contributed by atoms with van der Waals surface area (Å²) in [5, 5.41) is 0. The lowest BCUT2D eigenvalue weighted by Gasteiger charge is -2.36. The molecule has 1 saturated heterocycles. The van der Waals surface area contributed by atoms with Gasteiger partial charge >= 0.3 is 6.18 Å². The van der Waals surface area contributed by atoms with Crippen molar-refractivity contribution in [3.05, 3.63) is 0 Å². The molecule has 13 heavy (non-hydrogen) atoms. The van der Waals surface area contributed by atoms with Crippen molar-refractivity contribution in [1.29, 1.82) is 0 Å². The Morgan fingerprint density at radius 1 is 1.46 bits per heavy atom. The van der Waals surface area contributed by atoms with E-state index in [1.807, 2.05) is 0 Å². The Morgan fingerprint density at radius 3 is 2.54 bits per heavy atom. The van der Waals surface area contributed by atoms with E-state index in [2.05, 4.69) is 0 Å². The zero-order chi connectivity index (χ0) is 10.1. The number of hydrogen-bond acceptors (Lipinski definition) is 2. The van der Waals surface area contributed by atoms with Crippen LogP contribution >= 0.6 is 0 Å². The van der Waals surface area contributed by atoms with Gasteiger partial charge in [-0.3, -0.25) is 4.90 Å². The van der Waals surface area contributed by atoms with Crippen molar-refractivity contribution < 1.29 is 13.2 Å². The lowest BCUT2D eigenvalue weighted by molar-refractivity contribution is -0.153. The third kappa shape index (κ3) is 3.52. The zero-order valence-corrected chi connectivity index (χ0v) is 7.64. The topological polar surface area (TPSA) is 29.3 Å². The van der Waals surface area contributed by atoms with E-state index < -0.39 is 12.7 Å². The number of nitrogens with zero attached hydrogens (tertiary/aromatic N) is 1. The molecule has 0 aromatic rings. The van der Waals surface area contributed by atoms with Crippen LogP contribution in [0, 0.1) is 0 Å².